The van der Waals surface area contributed by atoms with Crippen LogP contribution in [0.3, 0.4) is 0 Å². The molecule has 0 bridgehead atoms. The van der Waals surface area contributed by atoms with Gasteiger partial charge in [0.1, 0.15) is 0 Å². The van der Waals surface area contributed by atoms with Gasteiger partial charge in [-0.2, -0.15) is 0 Å². The Balaban J connectivity index is 1.63. The number of halogens is 1. The van der Waals surface area contributed by atoms with Crippen molar-refractivity contribution in [3.63, 3.8) is 0 Å². The number of rotatable bonds is 4. The molecule has 1 aliphatic heterocycles. The Kier molecular flexibility index (Phi) is 5.78. The van der Waals surface area contributed by atoms with E-state index in [9.17, 15) is 9.59 Å². The van der Waals surface area contributed by atoms with Gasteiger partial charge in [-0.15, -0.1) is 0 Å². The smallest absolute Gasteiger partial charge is 0.319 e. The van der Waals surface area contributed by atoms with Gasteiger partial charge >= 0.3 is 6.03 Å². The molecule has 1 aromatic carbocycles. The highest BCUT2D eigenvalue weighted by molar-refractivity contribution is 6.33. The molecule has 1 aromatic heterocycles. The summed E-state index contributed by atoms with van der Waals surface area (Å²) in [6.07, 6.45) is 3.20. The van der Waals surface area contributed by atoms with Crippen molar-refractivity contribution in [3.8, 4) is 0 Å². The molecule has 7 nitrogen and oxygen atoms in total. The summed E-state index contributed by atoms with van der Waals surface area (Å²) >= 11 is 6.16. The molecule has 3 rings (SSSR count). The number of benzene rings is 1. The molecule has 1 aliphatic rings. The van der Waals surface area contributed by atoms with E-state index in [2.05, 4.69) is 15.8 Å². The lowest BCUT2D eigenvalue weighted by molar-refractivity contribution is 0.0724. The zero-order chi connectivity index (χ0) is 18.5. The molecule has 8 heteroatoms. The first kappa shape index (κ1) is 18.3. The van der Waals surface area contributed by atoms with Crippen molar-refractivity contribution < 1.29 is 14.1 Å². The van der Waals surface area contributed by atoms with Gasteiger partial charge in [-0.25, -0.2) is 4.79 Å². The van der Waals surface area contributed by atoms with Crippen LogP contribution >= 0.6 is 11.6 Å². The van der Waals surface area contributed by atoms with Crippen molar-refractivity contribution in [1.82, 2.24) is 15.4 Å². The third-order valence-electron chi connectivity index (χ3n) is 4.20. The molecule has 1 saturated heterocycles. The fourth-order valence-corrected chi connectivity index (χ4v) is 3.03. The summed E-state index contributed by atoms with van der Waals surface area (Å²) in [5.41, 5.74) is 1.65. The fourth-order valence-electron chi connectivity index (χ4n) is 2.87. The van der Waals surface area contributed by atoms with E-state index in [0.29, 0.717) is 22.0 Å². The Morgan fingerprint density at radius 3 is 2.69 bits per heavy atom. The van der Waals surface area contributed by atoms with Gasteiger partial charge < -0.3 is 20.1 Å². The van der Waals surface area contributed by atoms with E-state index in [1.54, 1.807) is 31.2 Å². The molecule has 0 unspecified atom stereocenters. The normalized spacial score (nSPS) is 14.2. The zero-order valence-corrected chi connectivity index (χ0v) is 15.3. The molecule has 0 spiro atoms. The second kappa shape index (κ2) is 8.23. The van der Waals surface area contributed by atoms with Crippen molar-refractivity contribution >= 4 is 29.2 Å². The lowest BCUT2D eigenvalue weighted by Crippen LogP contribution is -2.35. The summed E-state index contributed by atoms with van der Waals surface area (Å²) in [6.45, 7) is 3.54. The Morgan fingerprint density at radius 2 is 2.00 bits per heavy atom. The molecule has 0 radical (unpaired) electrons. The third kappa shape index (κ3) is 4.54. The molecular formula is C18H21ClN4O3. The number of aromatic nitrogens is 1. The van der Waals surface area contributed by atoms with Crippen LogP contribution in [0.1, 0.15) is 41.1 Å². The van der Waals surface area contributed by atoms with E-state index >= 15 is 0 Å². The summed E-state index contributed by atoms with van der Waals surface area (Å²) in [6, 6.07) is 6.21. The van der Waals surface area contributed by atoms with Gasteiger partial charge in [-0.1, -0.05) is 16.8 Å². The molecule has 138 valence electrons. The van der Waals surface area contributed by atoms with Crippen molar-refractivity contribution in [2.75, 3.05) is 18.4 Å². The van der Waals surface area contributed by atoms with Crippen molar-refractivity contribution in [2.24, 2.45) is 0 Å². The Bertz CT molecular complexity index is 799. The number of likely N-dealkylation sites (tertiary alicyclic amines) is 1. The molecule has 2 heterocycles. The first-order chi connectivity index (χ1) is 12.5. The van der Waals surface area contributed by atoms with Crippen molar-refractivity contribution in [3.05, 3.63) is 46.3 Å². The van der Waals surface area contributed by atoms with E-state index in [1.807, 2.05) is 4.90 Å². The number of carbonyl (C=O) groups is 2. The quantitative estimate of drug-likeness (QED) is 0.853. The molecular weight excluding hydrogens is 356 g/mol. The zero-order valence-electron chi connectivity index (χ0n) is 14.5. The van der Waals surface area contributed by atoms with Gasteiger partial charge in [-0.05, 0) is 44.4 Å². The van der Waals surface area contributed by atoms with Gasteiger partial charge in [0.15, 0.2) is 5.76 Å². The number of piperidine rings is 1. The predicted octanol–water partition coefficient (Wildman–Crippen LogP) is 3.58. The predicted molar refractivity (Wildman–Crippen MR) is 98.3 cm³/mol. The van der Waals surface area contributed by atoms with Crippen LogP contribution < -0.4 is 10.6 Å². The average molecular weight is 377 g/mol. The average Bonchev–Trinajstić information content (AvgIpc) is 3.07. The summed E-state index contributed by atoms with van der Waals surface area (Å²) in [4.78, 5) is 26.5. The highest BCUT2D eigenvalue weighted by atomic mass is 35.5. The highest BCUT2D eigenvalue weighted by Crippen LogP contribution is 2.24. The standard InChI is InChI=1S/C18H21ClN4O3/c1-12-9-14(26-22-12)11-20-18(25)21-16-10-13(5-6-15(16)19)17(24)23-7-3-2-4-8-23/h5-6,9-10H,2-4,7-8,11H2,1H3,(H2,20,21,25). The minimum absolute atomic E-state index is 0.0399. The number of nitrogens with zero attached hydrogens (tertiary/aromatic N) is 2. The van der Waals surface area contributed by atoms with E-state index in [0.717, 1.165) is 38.0 Å². The maximum atomic E-state index is 12.6. The third-order valence-corrected chi connectivity index (χ3v) is 4.53. The number of hydrogen-bond acceptors (Lipinski definition) is 4. The fraction of sp³-hybridized carbons (Fsp3) is 0.389. The summed E-state index contributed by atoms with van der Waals surface area (Å²) in [5.74, 6) is 0.514. The molecule has 2 N–H and O–H groups in total. The second-order valence-corrected chi connectivity index (χ2v) is 6.70. The summed E-state index contributed by atoms with van der Waals surface area (Å²) in [7, 11) is 0. The number of anilines is 1. The summed E-state index contributed by atoms with van der Waals surface area (Å²) < 4.78 is 5.04. The van der Waals surface area contributed by atoms with Crippen molar-refractivity contribution in [2.45, 2.75) is 32.7 Å². The van der Waals surface area contributed by atoms with Crippen molar-refractivity contribution in [1.29, 1.82) is 0 Å². The first-order valence-electron chi connectivity index (χ1n) is 8.59. The van der Waals surface area contributed by atoms with Gasteiger partial charge in [0.25, 0.3) is 5.91 Å². The van der Waals surface area contributed by atoms with Gasteiger partial charge in [-0.3, -0.25) is 4.79 Å². The van der Waals surface area contributed by atoms with E-state index in [1.165, 1.54) is 0 Å². The molecule has 0 aliphatic carbocycles. The van der Waals surface area contributed by atoms with Gasteiger partial charge in [0.2, 0.25) is 0 Å². The topological polar surface area (TPSA) is 87.5 Å². The maximum absolute atomic E-state index is 12.6. The monoisotopic (exact) mass is 376 g/mol. The first-order valence-corrected chi connectivity index (χ1v) is 8.96. The van der Waals surface area contributed by atoms with Crippen LogP contribution in [0.25, 0.3) is 0 Å². The Hall–Kier alpha value is -2.54. The molecule has 1 fully saturated rings. The van der Waals surface area contributed by atoms with Crippen LogP contribution in [-0.4, -0.2) is 35.1 Å². The Morgan fingerprint density at radius 1 is 1.23 bits per heavy atom. The second-order valence-electron chi connectivity index (χ2n) is 6.29. The number of hydrogen-bond donors (Lipinski definition) is 2. The van der Waals surface area contributed by atoms with Crippen LogP contribution in [0.5, 0.6) is 0 Å². The molecule has 26 heavy (non-hydrogen) atoms. The molecule has 2 aromatic rings. The van der Waals surface area contributed by atoms with Crippen LogP contribution in [0.15, 0.2) is 28.8 Å². The highest BCUT2D eigenvalue weighted by Gasteiger charge is 2.19. The van der Waals surface area contributed by atoms with Gasteiger partial charge in [0, 0.05) is 24.7 Å². The summed E-state index contributed by atoms with van der Waals surface area (Å²) in [5, 5.41) is 9.46. The lowest BCUT2D eigenvalue weighted by atomic mass is 10.1. The number of urea groups is 1. The number of nitrogens with one attached hydrogen (secondary N) is 2. The van der Waals surface area contributed by atoms with Crippen LogP contribution in [-0.2, 0) is 6.54 Å². The number of amides is 3. The van der Waals surface area contributed by atoms with E-state index < -0.39 is 6.03 Å². The minimum atomic E-state index is -0.441. The molecule has 3 amide bonds. The number of aryl methyl sites for hydroxylation is 1. The SMILES string of the molecule is Cc1cc(CNC(=O)Nc2cc(C(=O)N3CCCCC3)ccc2Cl)on1. The van der Waals surface area contributed by atoms with E-state index in [-0.39, 0.29) is 12.5 Å². The largest absolute Gasteiger partial charge is 0.359 e. The van der Waals surface area contributed by atoms with Crippen LogP contribution in [0.2, 0.25) is 5.02 Å². The Labute approximate surface area is 156 Å². The molecule has 0 saturated carbocycles. The molecule has 0 atom stereocenters. The number of carbonyl (C=O) groups excluding carboxylic acids is 2. The van der Waals surface area contributed by atoms with Crippen LogP contribution in [0.4, 0.5) is 10.5 Å². The minimum Gasteiger partial charge on any atom is -0.359 e. The van der Waals surface area contributed by atoms with E-state index in [4.69, 9.17) is 16.1 Å². The van der Waals surface area contributed by atoms with Gasteiger partial charge in [0.05, 0.1) is 22.9 Å². The lowest BCUT2D eigenvalue weighted by Gasteiger charge is -2.27. The van der Waals surface area contributed by atoms with Crippen LogP contribution in [0, 0.1) is 6.92 Å². The maximum Gasteiger partial charge on any atom is 0.319 e.